The molecule has 1 heterocycles. The van der Waals surface area contributed by atoms with E-state index in [4.69, 9.17) is 10.5 Å². The van der Waals surface area contributed by atoms with Crippen molar-refractivity contribution in [3.05, 3.63) is 11.8 Å². The van der Waals surface area contributed by atoms with Gasteiger partial charge >= 0.3 is 0 Å². The molecule has 0 radical (unpaired) electrons. The van der Waals surface area contributed by atoms with Gasteiger partial charge in [-0.3, -0.25) is 0 Å². The molecule has 4 aliphatic carbocycles. The van der Waals surface area contributed by atoms with Gasteiger partial charge in [0.15, 0.2) is 0 Å². The number of nitrogens with zero attached hydrogens (tertiary/aromatic N) is 2. The summed E-state index contributed by atoms with van der Waals surface area (Å²) >= 11 is 0. The molecular formula is C16H25N3O. The van der Waals surface area contributed by atoms with E-state index in [9.17, 15) is 0 Å². The molecule has 0 unspecified atom stereocenters. The molecule has 20 heavy (non-hydrogen) atoms. The van der Waals surface area contributed by atoms with Crippen LogP contribution < -0.4 is 5.73 Å². The zero-order valence-corrected chi connectivity index (χ0v) is 12.3. The number of nitrogens with two attached hydrogens (primary N) is 1. The fraction of sp³-hybridized carbons (Fsp3) is 0.812. The number of hydrogen-bond acceptors (Lipinski definition) is 3. The lowest BCUT2D eigenvalue weighted by atomic mass is 9.49. The van der Waals surface area contributed by atoms with Crippen molar-refractivity contribution in [1.29, 1.82) is 0 Å². The minimum absolute atomic E-state index is 0.485. The molecule has 4 heteroatoms. The average Bonchev–Trinajstić information content (AvgIpc) is 2.67. The van der Waals surface area contributed by atoms with E-state index in [0.717, 1.165) is 35.8 Å². The van der Waals surface area contributed by atoms with Gasteiger partial charge in [0.2, 0.25) is 0 Å². The van der Waals surface area contributed by atoms with Gasteiger partial charge in [-0.1, -0.05) is 0 Å². The van der Waals surface area contributed by atoms with Crippen molar-refractivity contribution in [2.75, 3.05) is 12.8 Å². The van der Waals surface area contributed by atoms with Crippen molar-refractivity contribution in [2.24, 2.45) is 23.2 Å². The zero-order chi connectivity index (χ0) is 13.7. The summed E-state index contributed by atoms with van der Waals surface area (Å²) in [7, 11) is 1.70. The van der Waals surface area contributed by atoms with E-state index in [1.807, 2.05) is 10.7 Å². The number of methoxy groups -OCH3 is 1. The van der Waals surface area contributed by atoms with E-state index in [1.165, 1.54) is 38.5 Å². The molecule has 0 aromatic carbocycles. The molecule has 4 saturated carbocycles. The largest absolute Gasteiger partial charge is 0.384 e. The Morgan fingerprint density at radius 3 is 2.40 bits per heavy atom. The van der Waals surface area contributed by atoms with Crippen LogP contribution in [0, 0.1) is 23.2 Å². The number of ether oxygens (including phenoxy) is 1. The van der Waals surface area contributed by atoms with Crippen LogP contribution in [0.1, 0.15) is 44.2 Å². The highest BCUT2D eigenvalue weighted by molar-refractivity contribution is 5.30. The van der Waals surface area contributed by atoms with Gasteiger partial charge in [0.05, 0.1) is 12.3 Å². The summed E-state index contributed by atoms with van der Waals surface area (Å²) in [5.41, 5.74) is 7.58. The SMILES string of the molecule is COCc1cc(N)n(CC23CC4CC(CC(C4)C2)C3)n1. The first-order valence-electron chi connectivity index (χ1n) is 7.97. The molecule has 5 rings (SSSR count). The zero-order valence-electron chi connectivity index (χ0n) is 12.3. The number of anilines is 1. The van der Waals surface area contributed by atoms with Gasteiger partial charge in [-0.15, -0.1) is 0 Å². The van der Waals surface area contributed by atoms with Crippen LogP contribution in [-0.2, 0) is 17.9 Å². The average molecular weight is 275 g/mol. The molecule has 0 atom stereocenters. The normalized spacial score (nSPS) is 38.5. The number of nitrogen functional groups attached to an aromatic ring is 1. The lowest BCUT2D eigenvalue weighted by Gasteiger charge is -2.56. The molecule has 4 bridgehead atoms. The molecule has 2 N–H and O–H groups in total. The number of rotatable bonds is 4. The molecule has 4 fully saturated rings. The third-order valence-corrected chi connectivity index (χ3v) is 5.80. The molecular weight excluding hydrogens is 250 g/mol. The fourth-order valence-corrected chi connectivity index (χ4v) is 5.63. The van der Waals surface area contributed by atoms with Crippen LogP contribution in [0.3, 0.4) is 0 Å². The van der Waals surface area contributed by atoms with Crippen LogP contribution in [0.4, 0.5) is 5.82 Å². The number of hydrogen-bond donors (Lipinski definition) is 1. The minimum Gasteiger partial charge on any atom is -0.384 e. The highest BCUT2D eigenvalue weighted by Gasteiger charge is 2.51. The Morgan fingerprint density at radius 2 is 1.85 bits per heavy atom. The lowest BCUT2D eigenvalue weighted by Crippen LogP contribution is -2.48. The van der Waals surface area contributed by atoms with Gasteiger partial charge < -0.3 is 10.5 Å². The van der Waals surface area contributed by atoms with Crippen molar-refractivity contribution >= 4 is 5.82 Å². The van der Waals surface area contributed by atoms with Gasteiger partial charge in [-0.2, -0.15) is 5.10 Å². The summed E-state index contributed by atoms with van der Waals surface area (Å²) in [4.78, 5) is 0. The Hall–Kier alpha value is -1.03. The van der Waals surface area contributed by atoms with Crippen LogP contribution in [0.5, 0.6) is 0 Å². The van der Waals surface area contributed by atoms with Crippen molar-refractivity contribution in [3.8, 4) is 0 Å². The second-order valence-electron chi connectivity index (χ2n) is 7.57. The molecule has 0 saturated heterocycles. The highest BCUT2D eigenvalue weighted by Crippen LogP contribution is 2.60. The van der Waals surface area contributed by atoms with E-state index < -0.39 is 0 Å². The van der Waals surface area contributed by atoms with E-state index in [2.05, 4.69) is 5.10 Å². The topological polar surface area (TPSA) is 53.1 Å². The minimum atomic E-state index is 0.485. The van der Waals surface area contributed by atoms with Crippen LogP contribution in [0.2, 0.25) is 0 Å². The van der Waals surface area contributed by atoms with Crippen molar-refractivity contribution in [3.63, 3.8) is 0 Å². The van der Waals surface area contributed by atoms with Gasteiger partial charge in [0.1, 0.15) is 5.82 Å². The predicted octanol–water partition coefficient (Wildman–Crippen LogP) is 2.83. The second kappa shape index (κ2) is 4.48. The highest BCUT2D eigenvalue weighted by atomic mass is 16.5. The lowest BCUT2D eigenvalue weighted by molar-refractivity contribution is -0.0633. The molecule has 4 aliphatic rings. The molecule has 1 aromatic rings. The molecule has 0 aliphatic heterocycles. The summed E-state index contributed by atoms with van der Waals surface area (Å²) in [5.74, 6) is 3.75. The van der Waals surface area contributed by atoms with Gasteiger partial charge in [-0.05, 0) is 61.7 Å². The third-order valence-electron chi connectivity index (χ3n) is 5.80. The number of aromatic nitrogens is 2. The summed E-state index contributed by atoms with van der Waals surface area (Å²) in [6.45, 7) is 1.57. The van der Waals surface area contributed by atoms with Crippen LogP contribution in [0.15, 0.2) is 6.07 Å². The summed E-state index contributed by atoms with van der Waals surface area (Å²) < 4.78 is 7.20. The van der Waals surface area contributed by atoms with Crippen LogP contribution in [-0.4, -0.2) is 16.9 Å². The Labute approximate surface area is 120 Å². The smallest absolute Gasteiger partial charge is 0.122 e. The van der Waals surface area contributed by atoms with Crippen molar-refractivity contribution in [2.45, 2.75) is 51.7 Å². The summed E-state index contributed by atoms with van der Waals surface area (Å²) in [6, 6.07) is 1.96. The molecule has 110 valence electrons. The summed E-state index contributed by atoms with van der Waals surface area (Å²) in [6.07, 6.45) is 8.67. The maximum absolute atomic E-state index is 6.15. The fourth-order valence-electron chi connectivity index (χ4n) is 5.63. The quantitative estimate of drug-likeness (QED) is 0.919. The molecule has 1 aromatic heterocycles. The molecule has 4 nitrogen and oxygen atoms in total. The standard InChI is InChI=1S/C16H25N3O/c1-20-9-14-5-15(17)19(18-14)10-16-6-11-2-12(7-16)4-13(3-11)8-16/h5,11-13H,2-4,6-10,17H2,1H3. The van der Waals surface area contributed by atoms with E-state index in [-0.39, 0.29) is 0 Å². The summed E-state index contributed by atoms with van der Waals surface area (Å²) in [5, 5.41) is 4.64. The monoisotopic (exact) mass is 275 g/mol. The van der Waals surface area contributed by atoms with E-state index >= 15 is 0 Å². The third kappa shape index (κ3) is 2.05. The second-order valence-corrected chi connectivity index (χ2v) is 7.57. The molecule has 0 amide bonds. The maximum atomic E-state index is 6.15. The molecule has 0 spiro atoms. The van der Waals surface area contributed by atoms with Crippen LogP contribution >= 0.6 is 0 Å². The Bertz CT molecular complexity index is 473. The van der Waals surface area contributed by atoms with E-state index in [0.29, 0.717) is 12.0 Å². The van der Waals surface area contributed by atoms with E-state index in [1.54, 1.807) is 7.11 Å². The van der Waals surface area contributed by atoms with Crippen molar-refractivity contribution in [1.82, 2.24) is 9.78 Å². The van der Waals surface area contributed by atoms with Crippen molar-refractivity contribution < 1.29 is 4.74 Å². The first-order valence-corrected chi connectivity index (χ1v) is 7.97. The Balaban J connectivity index is 1.56. The van der Waals surface area contributed by atoms with Gasteiger partial charge in [0.25, 0.3) is 0 Å². The Morgan fingerprint density at radius 1 is 1.25 bits per heavy atom. The van der Waals surface area contributed by atoms with Gasteiger partial charge in [0, 0.05) is 19.7 Å². The Kier molecular flexibility index (Phi) is 2.85. The maximum Gasteiger partial charge on any atom is 0.122 e. The first-order chi connectivity index (χ1) is 9.66. The van der Waals surface area contributed by atoms with Crippen LogP contribution in [0.25, 0.3) is 0 Å². The van der Waals surface area contributed by atoms with Gasteiger partial charge in [-0.25, -0.2) is 4.68 Å². The first kappa shape index (κ1) is 12.7. The predicted molar refractivity (Wildman–Crippen MR) is 78.0 cm³/mol.